The van der Waals surface area contributed by atoms with Crippen LogP contribution >= 0.6 is 0 Å². The SMILES string of the molecule is CN(C)c1ccc(C(O)(c2ccccc2)c2cccn2C)cc1. The molecule has 0 spiro atoms. The standard InChI is InChI=1S/C20H22N2O/c1-21(2)18-13-11-17(12-14-18)20(23,16-8-5-4-6-9-16)19-10-7-15-22(19)3/h4-15,23H,1-3H3. The van der Waals surface area contributed by atoms with Crippen molar-refractivity contribution in [3.05, 3.63) is 89.7 Å². The van der Waals surface area contributed by atoms with E-state index in [1.165, 1.54) is 0 Å². The van der Waals surface area contributed by atoms with Gasteiger partial charge in [0.25, 0.3) is 0 Å². The fourth-order valence-electron chi connectivity index (χ4n) is 2.98. The van der Waals surface area contributed by atoms with Crippen LogP contribution in [0.5, 0.6) is 0 Å². The summed E-state index contributed by atoms with van der Waals surface area (Å²) >= 11 is 0. The Balaban J connectivity index is 2.19. The quantitative estimate of drug-likeness (QED) is 0.800. The van der Waals surface area contributed by atoms with E-state index >= 15 is 0 Å². The van der Waals surface area contributed by atoms with Crippen molar-refractivity contribution in [3.8, 4) is 0 Å². The van der Waals surface area contributed by atoms with E-state index in [9.17, 15) is 5.11 Å². The lowest BCUT2D eigenvalue weighted by Gasteiger charge is -2.30. The molecule has 0 saturated carbocycles. The molecule has 23 heavy (non-hydrogen) atoms. The van der Waals surface area contributed by atoms with Crippen molar-refractivity contribution < 1.29 is 5.11 Å². The molecule has 1 N–H and O–H groups in total. The highest BCUT2D eigenvalue weighted by molar-refractivity contribution is 5.51. The minimum Gasteiger partial charge on any atom is -0.378 e. The molecule has 0 bridgehead atoms. The molecule has 1 unspecified atom stereocenters. The average molecular weight is 306 g/mol. The third kappa shape index (κ3) is 2.64. The fourth-order valence-corrected chi connectivity index (χ4v) is 2.98. The van der Waals surface area contributed by atoms with Gasteiger partial charge in [0.1, 0.15) is 0 Å². The monoisotopic (exact) mass is 306 g/mol. The third-order valence-corrected chi connectivity index (χ3v) is 4.31. The number of rotatable bonds is 4. The Kier molecular flexibility index (Phi) is 3.97. The van der Waals surface area contributed by atoms with Crippen LogP contribution in [0.4, 0.5) is 5.69 Å². The van der Waals surface area contributed by atoms with Gasteiger partial charge in [0.15, 0.2) is 5.60 Å². The summed E-state index contributed by atoms with van der Waals surface area (Å²) in [5, 5.41) is 11.7. The highest BCUT2D eigenvalue weighted by Crippen LogP contribution is 2.37. The zero-order chi connectivity index (χ0) is 16.4. The second-order valence-electron chi connectivity index (χ2n) is 6.02. The molecule has 1 atom stereocenters. The van der Waals surface area contributed by atoms with Crippen LogP contribution in [0.15, 0.2) is 72.9 Å². The van der Waals surface area contributed by atoms with E-state index in [1.807, 2.05) is 104 Å². The van der Waals surface area contributed by atoms with Crippen LogP contribution in [0.2, 0.25) is 0 Å². The Morgan fingerprint density at radius 1 is 0.826 bits per heavy atom. The zero-order valence-corrected chi connectivity index (χ0v) is 13.8. The Bertz CT molecular complexity index is 775. The molecule has 2 aromatic carbocycles. The highest BCUT2D eigenvalue weighted by Gasteiger charge is 2.35. The first-order chi connectivity index (χ1) is 11.0. The fraction of sp³-hybridized carbons (Fsp3) is 0.200. The Morgan fingerprint density at radius 2 is 1.43 bits per heavy atom. The summed E-state index contributed by atoms with van der Waals surface area (Å²) in [7, 11) is 5.97. The number of benzene rings is 2. The first kappa shape index (κ1) is 15.4. The molecule has 3 heteroatoms. The van der Waals surface area contributed by atoms with Gasteiger partial charge in [-0.1, -0.05) is 42.5 Å². The molecule has 3 nitrogen and oxygen atoms in total. The van der Waals surface area contributed by atoms with Crippen molar-refractivity contribution in [1.82, 2.24) is 4.57 Å². The van der Waals surface area contributed by atoms with E-state index in [1.54, 1.807) is 0 Å². The predicted molar refractivity (Wildman–Crippen MR) is 94.7 cm³/mol. The molecule has 3 aromatic rings. The van der Waals surface area contributed by atoms with E-state index in [4.69, 9.17) is 0 Å². The molecule has 0 aliphatic carbocycles. The summed E-state index contributed by atoms with van der Waals surface area (Å²) in [5.41, 5.74) is 2.50. The van der Waals surface area contributed by atoms with Crippen molar-refractivity contribution in [2.75, 3.05) is 19.0 Å². The molecule has 0 fully saturated rings. The van der Waals surface area contributed by atoms with E-state index < -0.39 is 5.60 Å². The van der Waals surface area contributed by atoms with Gasteiger partial charge in [-0.2, -0.15) is 0 Å². The van der Waals surface area contributed by atoms with E-state index in [0.717, 1.165) is 22.5 Å². The molecular weight excluding hydrogens is 284 g/mol. The Morgan fingerprint density at radius 3 is 1.96 bits per heavy atom. The van der Waals surface area contributed by atoms with Crippen molar-refractivity contribution >= 4 is 5.69 Å². The molecule has 0 aliphatic rings. The van der Waals surface area contributed by atoms with Gasteiger partial charge in [-0.15, -0.1) is 0 Å². The van der Waals surface area contributed by atoms with Gasteiger partial charge in [-0.25, -0.2) is 0 Å². The molecule has 3 rings (SSSR count). The topological polar surface area (TPSA) is 28.4 Å². The number of aryl methyl sites for hydroxylation is 1. The van der Waals surface area contributed by atoms with Crippen LogP contribution in [0, 0.1) is 0 Å². The normalized spacial score (nSPS) is 13.6. The van der Waals surface area contributed by atoms with Crippen LogP contribution < -0.4 is 4.90 Å². The molecule has 1 heterocycles. The summed E-state index contributed by atoms with van der Waals surface area (Å²) in [6.07, 6.45) is 1.96. The van der Waals surface area contributed by atoms with Crippen molar-refractivity contribution in [2.45, 2.75) is 5.60 Å². The predicted octanol–water partition coefficient (Wildman–Crippen LogP) is 3.38. The van der Waals surface area contributed by atoms with Crippen molar-refractivity contribution in [1.29, 1.82) is 0 Å². The summed E-state index contributed by atoms with van der Waals surface area (Å²) in [6, 6.07) is 21.8. The van der Waals surface area contributed by atoms with Gasteiger partial charge in [0, 0.05) is 33.0 Å². The Labute approximate surface area is 137 Å². The lowest BCUT2D eigenvalue weighted by Crippen LogP contribution is -2.31. The molecule has 0 saturated heterocycles. The summed E-state index contributed by atoms with van der Waals surface area (Å²) in [4.78, 5) is 2.05. The van der Waals surface area contributed by atoms with Crippen LogP contribution in [0.3, 0.4) is 0 Å². The number of anilines is 1. The summed E-state index contributed by atoms with van der Waals surface area (Å²) in [6.45, 7) is 0. The molecule has 0 aliphatic heterocycles. The van der Waals surface area contributed by atoms with E-state index in [-0.39, 0.29) is 0 Å². The molecule has 0 amide bonds. The average Bonchev–Trinajstić information content (AvgIpc) is 3.01. The second-order valence-corrected chi connectivity index (χ2v) is 6.02. The number of aliphatic hydroxyl groups is 1. The minimum absolute atomic E-state index is 0.848. The van der Waals surface area contributed by atoms with E-state index in [0.29, 0.717) is 0 Å². The maximum Gasteiger partial charge on any atom is 0.155 e. The van der Waals surface area contributed by atoms with Crippen LogP contribution in [0.25, 0.3) is 0 Å². The summed E-state index contributed by atoms with van der Waals surface area (Å²) in [5.74, 6) is 0. The smallest absolute Gasteiger partial charge is 0.155 e. The van der Waals surface area contributed by atoms with E-state index in [2.05, 4.69) is 0 Å². The zero-order valence-electron chi connectivity index (χ0n) is 13.8. The lowest BCUT2D eigenvalue weighted by molar-refractivity contribution is 0.117. The summed E-state index contributed by atoms with van der Waals surface area (Å²) < 4.78 is 1.97. The van der Waals surface area contributed by atoms with Crippen molar-refractivity contribution in [2.24, 2.45) is 7.05 Å². The van der Waals surface area contributed by atoms with Crippen molar-refractivity contribution in [3.63, 3.8) is 0 Å². The number of aromatic nitrogens is 1. The van der Waals surface area contributed by atoms with Crippen LogP contribution in [-0.4, -0.2) is 23.8 Å². The molecular formula is C20H22N2O. The van der Waals surface area contributed by atoms with Gasteiger partial charge in [-0.05, 0) is 35.4 Å². The minimum atomic E-state index is -1.18. The highest BCUT2D eigenvalue weighted by atomic mass is 16.3. The van der Waals surface area contributed by atoms with Gasteiger partial charge < -0.3 is 14.6 Å². The third-order valence-electron chi connectivity index (χ3n) is 4.31. The molecule has 1 aromatic heterocycles. The van der Waals surface area contributed by atoms with Gasteiger partial charge in [-0.3, -0.25) is 0 Å². The first-order valence-electron chi connectivity index (χ1n) is 7.71. The number of hydrogen-bond donors (Lipinski definition) is 1. The maximum atomic E-state index is 11.7. The van der Waals surface area contributed by atoms with Crippen LogP contribution in [-0.2, 0) is 12.6 Å². The number of nitrogens with zero attached hydrogens (tertiary/aromatic N) is 2. The number of hydrogen-bond acceptors (Lipinski definition) is 2. The maximum absolute atomic E-state index is 11.7. The first-order valence-corrected chi connectivity index (χ1v) is 7.71. The molecule has 118 valence electrons. The van der Waals surface area contributed by atoms with Gasteiger partial charge in [0.05, 0.1) is 5.69 Å². The van der Waals surface area contributed by atoms with Gasteiger partial charge in [0.2, 0.25) is 0 Å². The lowest BCUT2D eigenvalue weighted by atomic mass is 9.83. The van der Waals surface area contributed by atoms with Crippen LogP contribution in [0.1, 0.15) is 16.8 Å². The largest absolute Gasteiger partial charge is 0.378 e. The molecule has 0 radical (unpaired) electrons. The van der Waals surface area contributed by atoms with Gasteiger partial charge >= 0.3 is 0 Å². The second kappa shape index (κ2) is 5.94. The Hall–Kier alpha value is -2.52.